The van der Waals surface area contributed by atoms with Crippen molar-refractivity contribution >= 4 is 5.95 Å². The lowest BCUT2D eigenvalue weighted by Crippen LogP contribution is -1.96. The molecule has 0 saturated carbocycles. The molecule has 0 aliphatic heterocycles. The van der Waals surface area contributed by atoms with Gasteiger partial charge in [-0.15, -0.1) is 5.10 Å². The molecule has 0 aliphatic carbocycles. The fourth-order valence-corrected chi connectivity index (χ4v) is 1.55. The topological polar surface area (TPSA) is 42.7 Å². The van der Waals surface area contributed by atoms with Crippen LogP contribution in [0.3, 0.4) is 0 Å². The maximum absolute atomic E-state index is 4.40. The summed E-state index contributed by atoms with van der Waals surface area (Å²) in [7, 11) is 3.71. The third-order valence-corrected chi connectivity index (χ3v) is 2.37. The Morgan fingerprint density at radius 2 is 2.00 bits per heavy atom. The molecular formula is C11H14N4. The van der Waals surface area contributed by atoms with Crippen molar-refractivity contribution in [2.24, 2.45) is 7.05 Å². The smallest absolute Gasteiger partial charge is 0.242 e. The highest BCUT2D eigenvalue weighted by Gasteiger charge is 2.09. The van der Waals surface area contributed by atoms with Gasteiger partial charge in [0.1, 0.15) is 0 Å². The monoisotopic (exact) mass is 202 g/mol. The van der Waals surface area contributed by atoms with E-state index in [1.165, 1.54) is 5.56 Å². The molecule has 0 atom stereocenters. The van der Waals surface area contributed by atoms with Crippen molar-refractivity contribution in [3.63, 3.8) is 0 Å². The highest BCUT2D eigenvalue weighted by Crippen LogP contribution is 2.21. The van der Waals surface area contributed by atoms with Gasteiger partial charge in [0.15, 0.2) is 5.82 Å². The summed E-state index contributed by atoms with van der Waals surface area (Å²) in [5.74, 6) is 1.54. The highest BCUT2D eigenvalue weighted by molar-refractivity contribution is 5.61. The number of nitrogens with one attached hydrogen (secondary N) is 1. The first kappa shape index (κ1) is 9.71. The fourth-order valence-electron chi connectivity index (χ4n) is 1.55. The molecule has 15 heavy (non-hydrogen) atoms. The Morgan fingerprint density at radius 3 is 2.60 bits per heavy atom. The van der Waals surface area contributed by atoms with Gasteiger partial charge in [0, 0.05) is 19.7 Å². The van der Waals surface area contributed by atoms with Crippen LogP contribution in [0.2, 0.25) is 0 Å². The molecule has 1 aromatic heterocycles. The van der Waals surface area contributed by atoms with Crippen molar-refractivity contribution in [3.8, 4) is 11.4 Å². The molecule has 0 fully saturated rings. The van der Waals surface area contributed by atoms with E-state index in [9.17, 15) is 0 Å². The Morgan fingerprint density at radius 1 is 1.27 bits per heavy atom. The lowest BCUT2D eigenvalue weighted by atomic mass is 10.1. The van der Waals surface area contributed by atoms with Crippen LogP contribution in [0.4, 0.5) is 5.95 Å². The molecule has 1 N–H and O–H groups in total. The van der Waals surface area contributed by atoms with Crippen LogP contribution in [-0.2, 0) is 7.05 Å². The Kier molecular flexibility index (Phi) is 2.41. The van der Waals surface area contributed by atoms with Gasteiger partial charge in [-0.2, -0.15) is 4.98 Å². The maximum Gasteiger partial charge on any atom is 0.242 e. The molecule has 4 heteroatoms. The van der Waals surface area contributed by atoms with Gasteiger partial charge in [0.25, 0.3) is 0 Å². The van der Waals surface area contributed by atoms with Crippen LogP contribution in [0.25, 0.3) is 11.4 Å². The molecule has 0 unspecified atom stereocenters. The summed E-state index contributed by atoms with van der Waals surface area (Å²) < 4.78 is 1.79. The molecule has 0 saturated heterocycles. The minimum absolute atomic E-state index is 0.649. The molecule has 1 heterocycles. The average molecular weight is 202 g/mol. The number of aromatic nitrogens is 3. The van der Waals surface area contributed by atoms with Crippen LogP contribution in [0, 0.1) is 6.92 Å². The van der Waals surface area contributed by atoms with Gasteiger partial charge in [-0.25, -0.2) is 4.68 Å². The second-order valence-corrected chi connectivity index (χ2v) is 3.45. The molecule has 0 spiro atoms. The fraction of sp³-hybridized carbons (Fsp3) is 0.273. The molecule has 0 aliphatic rings. The zero-order valence-corrected chi connectivity index (χ0v) is 9.15. The van der Waals surface area contributed by atoms with Gasteiger partial charge in [0.2, 0.25) is 5.95 Å². The summed E-state index contributed by atoms with van der Waals surface area (Å²) in [6, 6.07) is 8.16. The first-order valence-electron chi connectivity index (χ1n) is 4.87. The predicted molar refractivity (Wildman–Crippen MR) is 60.7 cm³/mol. The van der Waals surface area contributed by atoms with Gasteiger partial charge in [-0.05, 0) is 12.5 Å². The number of hydrogen-bond donors (Lipinski definition) is 1. The standard InChI is InChI=1S/C11H14N4/c1-8-6-4-5-7-9(8)10-13-11(12-2)14-15(10)3/h4-7H,1-3H3,(H,12,14). The number of hydrogen-bond acceptors (Lipinski definition) is 3. The van der Waals surface area contributed by atoms with Crippen LogP contribution >= 0.6 is 0 Å². The Bertz CT molecular complexity index is 473. The second kappa shape index (κ2) is 3.73. The Labute approximate surface area is 89.0 Å². The maximum atomic E-state index is 4.40. The van der Waals surface area contributed by atoms with Crippen molar-refractivity contribution < 1.29 is 0 Å². The molecule has 0 radical (unpaired) electrons. The molecule has 1 aromatic carbocycles. The van der Waals surface area contributed by atoms with Gasteiger partial charge in [0.05, 0.1) is 0 Å². The number of benzene rings is 1. The lowest BCUT2D eigenvalue weighted by molar-refractivity contribution is 0.776. The Balaban J connectivity index is 2.54. The van der Waals surface area contributed by atoms with Crippen LogP contribution in [0.15, 0.2) is 24.3 Å². The first-order valence-corrected chi connectivity index (χ1v) is 4.87. The van der Waals surface area contributed by atoms with Crippen molar-refractivity contribution in [1.82, 2.24) is 14.8 Å². The van der Waals surface area contributed by atoms with Crippen LogP contribution in [0.5, 0.6) is 0 Å². The number of nitrogens with zero attached hydrogens (tertiary/aromatic N) is 3. The summed E-state index contributed by atoms with van der Waals surface area (Å²) in [4.78, 5) is 4.40. The van der Waals surface area contributed by atoms with E-state index < -0.39 is 0 Å². The molecule has 0 amide bonds. The largest absolute Gasteiger partial charge is 0.356 e. The number of anilines is 1. The van der Waals surface area contributed by atoms with E-state index in [0.29, 0.717) is 5.95 Å². The molecule has 0 bridgehead atoms. The van der Waals surface area contributed by atoms with Gasteiger partial charge < -0.3 is 5.32 Å². The van der Waals surface area contributed by atoms with E-state index in [2.05, 4.69) is 34.5 Å². The third kappa shape index (κ3) is 1.70. The van der Waals surface area contributed by atoms with Crippen molar-refractivity contribution in [2.45, 2.75) is 6.92 Å². The minimum Gasteiger partial charge on any atom is -0.356 e. The van der Waals surface area contributed by atoms with Crippen molar-refractivity contribution in [1.29, 1.82) is 0 Å². The lowest BCUT2D eigenvalue weighted by Gasteiger charge is -2.02. The van der Waals surface area contributed by atoms with E-state index in [1.54, 1.807) is 4.68 Å². The van der Waals surface area contributed by atoms with Crippen LogP contribution in [-0.4, -0.2) is 21.8 Å². The summed E-state index contributed by atoms with van der Waals surface area (Å²) in [6.07, 6.45) is 0. The molecular weight excluding hydrogens is 188 g/mol. The van der Waals surface area contributed by atoms with Crippen molar-refractivity contribution in [2.75, 3.05) is 12.4 Å². The third-order valence-electron chi connectivity index (χ3n) is 2.37. The van der Waals surface area contributed by atoms with Crippen LogP contribution in [0.1, 0.15) is 5.56 Å². The quantitative estimate of drug-likeness (QED) is 0.808. The van der Waals surface area contributed by atoms with E-state index in [-0.39, 0.29) is 0 Å². The highest BCUT2D eigenvalue weighted by atomic mass is 15.4. The molecule has 2 rings (SSSR count). The SMILES string of the molecule is CNc1nc(-c2ccccc2C)n(C)n1. The van der Waals surface area contributed by atoms with E-state index in [4.69, 9.17) is 0 Å². The van der Waals surface area contributed by atoms with Crippen molar-refractivity contribution in [3.05, 3.63) is 29.8 Å². The van der Waals surface area contributed by atoms with Gasteiger partial charge in [-0.3, -0.25) is 0 Å². The second-order valence-electron chi connectivity index (χ2n) is 3.45. The predicted octanol–water partition coefficient (Wildman–Crippen LogP) is 1.83. The summed E-state index contributed by atoms with van der Waals surface area (Å²) >= 11 is 0. The Hall–Kier alpha value is -1.84. The van der Waals surface area contributed by atoms with Gasteiger partial charge in [-0.1, -0.05) is 24.3 Å². The summed E-state index contributed by atoms with van der Waals surface area (Å²) in [6.45, 7) is 2.07. The van der Waals surface area contributed by atoms with E-state index in [0.717, 1.165) is 11.4 Å². The summed E-state index contributed by atoms with van der Waals surface area (Å²) in [5, 5.41) is 7.18. The average Bonchev–Trinajstić information content (AvgIpc) is 2.60. The normalized spacial score (nSPS) is 10.3. The first-order chi connectivity index (χ1) is 7.22. The zero-order valence-electron chi connectivity index (χ0n) is 9.15. The molecule has 2 aromatic rings. The van der Waals surface area contributed by atoms with E-state index >= 15 is 0 Å². The zero-order chi connectivity index (χ0) is 10.8. The number of aryl methyl sites for hydroxylation is 2. The molecule has 4 nitrogen and oxygen atoms in total. The molecule has 78 valence electrons. The number of rotatable bonds is 2. The summed E-state index contributed by atoms with van der Waals surface area (Å²) in [5.41, 5.74) is 2.32. The van der Waals surface area contributed by atoms with Crippen LogP contribution < -0.4 is 5.32 Å². The van der Waals surface area contributed by atoms with E-state index in [1.807, 2.05) is 26.2 Å². The minimum atomic E-state index is 0.649. The van der Waals surface area contributed by atoms with Gasteiger partial charge >= 0.3 is 0 Å².